The van der Waals surface area contributed by atoms with E-state index in [2.05, 4.69) is 25.1 Å². The average molecular weight is 454 g/mol. The van der Waals surface area contributed by atoms with Gasteiger partial charge in [-0.05, 0) is 45.0 Å². The lowest BCUT2D eigenvalue weighted by Crippen LogP contribution is -2.08. The minimum Gasteiger partial charge on any atom is -0.495 e. The second-order valence-electron chi connectivity index (χ2n) is 7.65. The first-order chi connectivity index (χ1) is 15.9. The van der Waals surface area contributed by atoms with E-state index in [1.165, 1.54) is 6.20 Å². The van der Waals surface area contributed by atoms with Gasteiger partial charge in [-0.2, -0.15) is 13.9 Å². The topological polar surface area (TPSA) is 87.0 Å². The number of methoxy groups -OCH3 is 1. The molecule has 0 bridgehead atoms. The maximum Gasteiger partial charge on any atom is 0.388 e. The molecule has 0 saturated heterocycles. The summed E-state index contributed by atoms with van der Waals surface area (Å²) in [6.07, 6.45) is 4.74. The van der Waals surface area contributed by atoms with Crippen LogP contribution < -0.4 is 14.8 Å². The molecule has 0 fully saturated rings. The van der Waals surface area contributed by atoms with Gasteiger partial charge in [0, 0.05) is 30.5 Å². The van der Waals surface area contributed by atoms with Crippen LogP contribution in [-0.2, 0) is 6.54 Å². The molecule has 4 aromatic rings. The molecule has 0 aliphatic heterocycles. The molecule has 0 atom stereocenters. The standard InChI is InChI=1S/C23H24F2N6O2/c1-13(2)31-21-18(28-11-15-7-9-26-12-19(15)32-4)10-17(29-20(21)14(3)30-31)16-6-5-8-27-22(16)33-23(24)25/h5-10,12-13,23H,11H2,1-4H3,(H,28,29). The van der Waals surface area contributed by atoms with Crippen molar-refractivity contribution in [2.24, 2.45) is 0 Å². The molecule has 0 spiro atoms. The van der Waals surface area contributed by atoms with Gasteiger partial charge in [-0.15, -0.1) is 0 Å². The molecule has 4 rings (SSSR count). The van der Waals surface area contributed by atoms with E-state index in [1.54, 1.807) is 37.7 Å². The average Bonchev–Trinajstić information content (AvgIpc) is 3.14. The summed E-state index contributed by atoms with van der Waals surface area (Å²) in [7, 11) is 1.59. The number of nitrogens with one attached hydrogen (secondary N) is 1. The lowest BCUT2D eigenvalue weighted by atomic mass is 10.1. The highest BCUT2D eigenvalue weighted by molar-refractivity contribution is 5.93. The largest absolute Gasteiger partial charge is 0.495 e. The zero-order chi connectivity index (χ0) is 23.5. The van der Waals surface area contributed by atoms with Gasteiger partial charge in [0.2, 0.25) is 5.88 Å². The van der Waals surface area contributed by atoms with Crippen LogP contribution in [0.2, 0.25) is 0 Å². The number of fused-ring (bicyclic) bond motifs is 1. The van der Waals surface area contributed by atoms with Crippen LogP contribution in [0.15, 0.2) is 42.9 Å². The summed E-state index contributed by atoms with van der Waals surface area (Å²) in [5.74, 6) is 0.471. The van der Waals surface area contributed by atoms with Crippen molar-refractivity contribution in [2.45, 2.75) is 40.0 Å². The summed E-state index contributed by atoms with van der Waals surface area (Å²) in [6, 6.07) is 7.05. The number of halogens is 2. The van der Waals surface area contributed by atoms with Gasteiger partial charge < -0.3 is 14.8 Å². The Hall–Kier alpha value is -3.82. The second-order valence-corrected chi connectivity index (χ2v) is 7.65. The Morgan fingerprint density at radius 2 is 2.00 bits per heavy atom. The molecule has 10 heteroatoms. The van der Waals surface area contributed by atoms with Gasteiger partial charge in [0.1, 0.15) is 16.8 Å². The number of alkyl halides is 2. The molecular weight excluding hydrogens is 430 g/mol. The van der Waals surface area contributed by atoms with Crippen molar-refractivity contribution in [2.75, 3.05) is 12.4 Å². The maximum absolute atomic E-state index is 13.0. The van der Waals surface area contributed by atoms with Gasteiger partial charge in [0.15, 0.2) is 0 Å². The first-order valence-corrected chi connectivity index (χ1v) is 10.4. The van der Waals surface area contributed by atoms with Gasteiger partial charge in [-0.25, -0.2) is 9.97 Å². The molecule has 0 aliphatic carbocycles. The molecule has 0 radical (unpaired) electrons. The third kappa shape index (κ3) is 4.55. The number of ether oxygens (including phenoxy) is 2. The van der Waals surface area contributed by atoms with E-state index < -0.39 is 6.61 Å². The zero-order valence-electron chi connectivity index (χ0n) is 18.7. The Balaban J connectivity index is 1.85. The van der Waals surface area contributed by atoms with E-state index in [-0.39, 0.29) is 11.9 Å². The predicted molar refractivity (Wildman–Crippen MR) is 121 cm³/mol. The fraction of sp³-hybridized carbons (Fsp3) is 0.304. The van der Waals surface area contributed by atoms with Crippen LogP contribution in [0, 0.1) is 6.92 Å². The summed E-state index contributed by atoms with van der Waals surface area (Å²) in [5, 5.41) is 8.10. The molecule has 0 aliphatic rings. The van der Waals surface area contributed by atoms with E-state index in [4.69, 9.17) is 9.72 Å². The van der Waals surface area contributed by atoms with Crippen LogP contribution in [0.3, 0.4) is 0 Å². The summed E-state index contributed by atoms with van der Waals surface area (Å²) >= 11 is 0. The van der Waals surface area contributed by atoms with Crippen molar-refractivity contribution in [3.8, 4) is 22.9 Å². The van der Waals surface area contributed by atoms with Crippen molar-refractivity contribution >= 4 is 16.7 Å². The third-order valence-corrected chi connectivity index (χ3v) is 5.12. The van der Waals surface area contributed by atoms with Gasteiger partial charge in [0.05, 0.1) is 35.9 Å². The number of nitrogens with zero attached hydrogens (tertiary/aromatic N) is 5. The highest BCUT2D eigenvalue weighted by Gasteiger charge is 2.20. The number of rotatable bonds is 8. The van der Waals surface area contributed by atoms with Crippen molar-refractivity contribution < 1.29 is 18.3 Å². The third-order valence-electron chi connectivity index (χ3n) is 5.12. The van der Waals surface area contributed by atoms with Crippen molar-refractivity contribution in [3.63, 3.8) is 0 Å². The normalized spacial score (nSPS) is 11.4. The molecular formula is C23H24F2N6O2. The Labute approximate surface area is 189 Å². The monoisotopic (exact) mass is 454 g/mol. The SMILES string of the molecule is COc1cnccc1CNc1cc(-c2cccnc2OC(F)F)nc2c(C)nn(C(C)C)c12. The van der Waals surface area contributed by atoms with Crippen molar-refractivity contribution in [1.29, 1.82) is 0 Å². The maximum atomic E-state index is 13.0. The van der Waals surface area contributed by atoms with Crippen molar-refractivity contribution in [1.82, 2.24) is 24.7 Å². The van der Waals surface area contributed by atoms with Gasteiger partial charge >= 0.3 is 6.61 Å². The van der Waals surface area contributed by atoms with E-state index in [9.17, 15) is 8.78 Å². The quantitative estimate of drug-likeness (QED) is 0.401. The highest BCUT2D eigenvalue weighted by Crippen LogP contribution is 2.35. The Morgan fingerprint density at radius 3 is 2.73 bits per heavy atom. The molecule has 1 N–H and O–H groups in total. The predicted octanol–water partition coefficient (Wildman–Crippen LogP) is 5.00. The smallest absolute Gasteiger partial charge is 0.388 e. The second kappa shape index (κ2) is 9.35. The highest BCUT2D eigenvalue weighted by atomic mass is 19.3. The number of hydrogen-bond acceptors (Lipinski definition) is 7. The van der Waals surface area contributed by atoms with Gasteiger partial charge in [-0.3, -0.25) is 9.67 Å². The molecule has 33 heavy (non-hydrogen) atoms. The lowest BCUT2D eigenvalue weighted by Gasteiger charge is -2.16. The number of hydrogen-bond donors (Lipinski definition) is 1. The van der Waals surface area contributed by atoms with Crippen LogP contribution in [0.25, 0.3) is 22.3 Å². The van der Waals surface area contributed by atoms with E-state index in [0.717, 1.165) is 22.5 Å². The van der Waals surface area contributed by atoms with Gasteiger partial charge in [0.25, 0.3) is 0 Å². The Bertz CT molecular complexity index is 1280. The Morgan fingerprint density at radius 1 is 1.18 bits per heavy atom. The molecule has 4 heterocycles. The molecule has 4 aromatic heterocycles. The van der Waals surface area contributed by atoms with E-state index in [0.29, 0.717) is 29.1 Å². The van der Waals surface area contributed by atoms with Crippen LogP contribution >= 0.6 is 0 Å². The molecule has 0 unspecified atom stereocenters. The van der Waals surface area contributed by atoms with Crippen LogP contribution in [-0.4, -0.2) is 38.5 Å². The zero-order valence-corrected chi connectivity index (χ0v) is 18.7. The van der Waals surface area contributed by atoms with Crippen molar-refractivity contribution in [3.05, 3.63) is 54.1 Å². The fourth-order valence-electron chi connectivity index (χ4n) is 3.62. The lowest BCUT2D eigenvalue weighted by molar-refractivity contribution is -0.0524. The molecule has 8 nitrogen and oxygen atoms in total. The summed E-state index contributed by atoms with van der Waals surface area (Å²) in [4.78, 5) is 12.8. The molecule has 0 saturated carbocycles. The van der Waals surface area contributed by atoms with Crippen LogP contribution in [0.5, 0.6) is 11.6 Å². The summed E-state index contributed by atoms with van der Waals surface area (Å²) < 4.78 is 37.9. The molecule has 0 amide bonds. The first-order valence-electron chi connectivity index (χ1n) is 10.4. The number of pyridine rings is 3. The fourth-order valence-corrected chi connectivity index (χ4v) is 3.62. The van der Waals surface area contributed by atoms with E-state index >= 15 is 0 Å². The summed E-state index contributed by atoms with van der Waals surface area (Å²) in [6.45, 7) is 3.38. The molecule has 172 valence electrons. The van der Waals surface area contributed by atoms with Crippen LogP contribution in [0.1, 0.15) is 31.1 Å². The van der Waals surface area contributed by atoms with Gasteiger partial charge in [-0.1, -0.05) is 0 Å². The minimum absolute atomic E-state index is 0.0842. The number of aromatic nitrogens is 5. The minimum atomic E-state index is -3.00. The van der Waals surface area contributed by atoms with Crippen LogP contribution in [0.4, 0.5) is 14.5 Å². The van der Waals surface area contributed by atoms with E-state index in [1.807, 2.05) is 31.5 Å². The number of aryl methyl sites for hydroxylation is 1. The Kier molecular flexibility index (Phi) is 6.34. The first kappa shape index (κ1) is 22.4. The molecule has 0 aromatic carbocycles. The number of anilines is 1. The summed E-state index contributed by atoms with van der Waals surface area (Å²) in [5.41, 5.74) is 4.68.